The van der Waals surface area contributed by atoms with E-state index >= 15 is 0 Å². The lowest BCUT2D eigenvalue weighted by atomic mass is 10.1. The Bertz CT molecular complexity index is 1770. The number of carbonyl (C=O) groups excluding carboxylic acids is 1. The van der Waals surface area contributed by atoms with Crippen molar-refractivity contribution in [1.29, 1.82) is 0 Å². The van der Waals surface area contributed by atoms with E-state index in [-0.39, 0.29) is 0 Å². The number of anilines is 3. The highest BCUT2D eigenvalue weighted by molar-refractivity contribution is 8.14. The number of hydrogen-bond donors (Lipinski definition) is 1. The van der Waals surface area contributed by atoms with Gasteiger partial charge in [-0.2, -0.15) is 0 Å². The minimum absolute atomic E-state index is 0.328. The smallest absolute Gasteiger partial charge is 0.188 e. The van der Waals surface area contributed by atoms with Crippen molar-refractivity contribution in [1.82, 2.24) is 14.5 Å². The molecule has 0 atom stereocenters. The van der Waals surface area contributed by atoms with Crippen LogP contribution in [-0.2, 0) is 41.3 Å². The SMILES string of the molecule is CCc1cc([SH](C)(=O)C=O)ncc1N(C)c1cc(N(Cc2ccc(OC)cc2)Cc2ccc(OC)cc2)c2ncn(C)c2c1. The molecule has 0 fully saturated rings. The quantitative estimate of drug-likeness (QED) is 0.141. The molecule has 3 aromatic carbocycles. The number of rotatable bonds is 12. The van der Waals surface area contributed by atoms with E-state index in [2.05, 4.69) is 51.2 Å². The second-order valence-electron chi connectivity index (χ2n) is 10.9. The summed E-state index contributed by atoms with van der Waals surface area (Å²) in [5.41, 5.74) is 8.44. The first-order valence-electron chi connectivity index (χ1n) is 14.4. The summed E-state index contributed by atoms with van der Waals surface area (Å²) in [5, 5.41) is 0.328. The van der Waals surface area contributed by atoms with Crippen molar-refractivity contribution < 1.29 is 18.5 Å². The predicted octanol–water partition coefficient (Wildman–Crippen LogP) is 5.72. The van der Waals surface area contributed by atoms with E-state index in [4.69, 9.17) is 14.5 Å². The van der Waals surface area contributed by atoms with Crippen molar-refractivity contribution in [2.45, 2.75) is 31.5 Å². The van der Waals surface area contributed by atoms with Crippen molar-refractivity contribution in [3.05, 3.63) is 95.9 Å². The van der Waals surface area contributed by atoms with Gasteiger partial charge in [0.25, 0.3) is 0 Å². The molecule has 0 bridgehead atoms. The summed E-state index contributed by atoms with van der Waals surface area (Å²) in [4.78, 5) is 25.2. The van der Waals surface area contributed by atoms with Gasteiger partial charge in [-0.25, -0.2) is 9.97 Å². The summed E-state index contributed by atoms with van der Waals surface area (Å²) in [6, 6.07) is 22.3. The largest absolute Gasteiger partial charge is 0.497 e. The molecule has 0 aliphatic carbocycles. The van der Waals surface area contributed by atoms with Crippen molar-refractivity contribution in [3.8, 4) is 11.5 Å². The topological polar surface area (TPSA) is 89.8 Å². The molecule has 0 N–H and O–H groups in total. The van der Waals surface area contributed by atoms with Crippen LogP contribution in [0.2, 0.25) is 0 Å². The fraction of sp³-hybridized carbons (Fsp3) is 0.265. The third-order valence-corrected chi connectivity index (χ3v) is 9.49. The number of fused-ring (bicyclic) bond motifs is 1. The highest BCUT2D eigenvalue weighted by Gasteiger charge is 2.21. The van der Waals surface area contributed by atoms with Gasteiger partial charge in [0, 0.05) is 39.1 Å². The first-order chi connectivity index (χ1) is 21.2. The van der Waals surface area contributed by atoms with Crippen molar-refractivity contribution >= 4 is 43.6 Å². The van der Waals surface area contributed by atoms with Crippen LogP contribution in [0.1, 0.15) is 23.6 Å². The maximum Gasteiger partial charge on any atom is 0.188 e. The Kier molecular flexibility index (Phi) is 9.01. The van der Waals surface area contributed by atoms with Crippen molar-refractivity contribution in [3.63, 3.8) is 0 Å². The Hall–Kier alpha value is -4.70. The minimum atomic E-state index is -3.16. The van der Waals surface area contributed by atoms with E-state index in [1.165, 1.54) is 6.26 Å². The number of nitrogens with zero attached hydrogens (tertiary/aromatic N) is 5. The fourth-order valence-electron chi connectivity index (χ4n) is 5.26. The van der Waals surface area contributed by atoms with E-state index in [1.807, 2.05) is 56.2 Å². The highest BCUT2D eigenvalue weighted by atomic mass is 32.2. The molecule has 0 aliphatic rings. The van der Waals surface area contributed by atoms with Crippen LogP contribution in [0.4, 0.5) is 17.1 Å². The standard InChI is InChI=1S/C34H39N5O4S/c1-7-26-16-33(44(6,41)23-40)35-19-32(26)38(3)27-17-30-34(36-22-37(30)2)31(18-27)39(20-24-8-12-28(42-4)13-9-24)21-25-10-14-29(43-5)15-11-25/h8-19,22-23,44H,7,20-21H2,1-6H3. The third-order valence-electron chi connectivity index (χ3n) is 7.94. The molecular formula is C34H39N5O4S. The van der Waals surface area contributed by atoms with Gasteiger partial charge in [-0.05, 0) is 75.5 Å². The van der Waals surface area contributed by atoms with Crippen LogP contribution < -0.4 is 19.3 Å². The number of ether oxygens (including phenoxy) is 2. The monoisotopic (exact) mass is 613 g/mol. The molecule has 0 spiro atoms. The second kappa shape index (κ2) is 12.9. The molecule has 10 heteroatoms. The molecule has 230 valence electrons. The first-order valence-corrected chi connectivity index (χ1v) is 16.6. The van der Waals surface area contributed by atoms with Crippen molar-refractivity contribution in [2.75, 3.05) is 37.3 Å². The normalized spacial score (nSPS) is 11.8. The van der Waals surface area contributed by atoms with Gasteiger partial charge in [0.05, 0.1) is 43.6 Å². The van der Waals surface area contributed by atoms with E-state index in [0.717, 1.165) is 56.3 Å². The Balaban J connectivity index is 1.62. The first kappa shape index (κ1) is 30.7. The molecular weight excluding hydrogens is 574 g/mol. The zero-order chi connectivity index (χ0) is 31.4. The summed E-state index contributed by atoms with van der Waals surface area (Å²) in [7, 11) is 4.17. The summed E-state index contributed by atoms with van der Waals surface area (Å²) in [5.74, 6) is 1.62. The molecule has 2 aromatic heterocycles. The van der Waals surface area contributed by atoms with Gasteiger partial charge < -0.3 is 23.8 Å². The number of hydrogen-bond acceptors (Lipinski definition) is 8. The van der Waals surface area contributed by atoms with Gasteiger partial charge in [-0.3, -0.25) is 9.00 Å². The number of pyridine rings is 1. The number of aromatic nitrogens is 3. The second-order valence-corrected chi connectivity index (χ2v) is 13.6. The number of imidazole rings is 1. The predicted molar refractivity (Wildman–Crippen MR) is 179 cm³/mol. The lowest BCUT2D eigenvalue weighted by Crippen LogP contribution is -2.23. The lowest BCUT2D eigenvalue weighted by Gasteiger charge is -2.29. The van der Waals surface area contributed by atoms with E-state index < -0.39 is 9.93 Å². The third kappa shape index (κ3) is 6.30. The molecule has 0 amide bonds. The number of aryl methyl sites for hydroxylation is 2. The van der Waals surface area contributed by atoms with E-state index in [0.29, 0.717) is 30.2 Å². The van der Waals surface area contributed by atoms with Crippen LogP contribution in [-0.4, -0.2) is 51.9 Å². The van der Waals surface area contributed by atoms with Crippen molar-refractivity contribution in [2.24, 2.45) is 7.05 Å². The molecule has 0 aliphatic heterocycles. The average molecular weight is 614 g/mol. The molecule has 44 heavy (non-hydrogen) atoms. The summed E-state index contributed by atoms with van der Waals surface area (Å²) < 4.78 is 25.6. The van der Waals surface area contributed by atoms with Crippen LogP contribution in [0.3, 0.4) is 0 Å². The molecule has 5 rings (SSSR count). The summed E-state index contributed by atoms with van der Waals surface area (Å²) in [6.45, 7) is 3.32. The van der Waals surface area contributed by atoms with Gasteiger partial charge in [0.1, 0.15) is 22.0 Å². The molecule has 2 heterocycles. The molecule has 5 aromatic rings. The maximum atomic E-state index is 12.8. The number of methoxy groups -OCH3 is 2. The molecule has 0 saturated heterocycles. The molecule has 9 nitrogen and oxygen atoms in total. The minimum Gasteiger partial charge on any atom is -0.497 e. The van der Waals surface area contributed by atoms with E-state index in [9.17, 15) is 9.00 Å². The van der Waals surface area contributed by atoms with Crippen LogP contribution in [0.25, 0.3) is 11.0 Å². The van der Waals surface area contributed by atoms with Gasteiger partial charge in [0.15, 0.2) is 5.62 Å². The maximum absolute atomic E-state index is 12.8. The Labute approximate surface area is 259 Å². The van der Waals surface area contributed by atoms with Crippen LogP contribution >= 0.6 is 0 Å². The van der Waals surface area contributed by atoms with Crippen LogP contribution in [0.5, 0.6) is 11.5 Å². The summed E-state index contributed by atoms with van der Waals surface area (Å²) >= 11 is 0. The zero-order valence-electron chi connectivity index (χ0n) is 26.0. The molecule has 0 radical (unpaired) electrons. The Morgan fingerprint density at radius 3 is 2.00 bits per heavy atom. The molecule has 0 unspecified atom stereocenters. The Morgan fingerprint density at radius 1 is 0.886 bits per heavy atom. The Morgan fingerprint density at radius 2 is 1.48 bits per heavy atom. The van der Waals surface area contributed by atoms with Crippen LogP contribution in [0, 0.1) is 0 Å². The number of benzene rings is 3. The lowest BCUT2D eigenvalue weighted by molar-refractivity contribution is 0.414. The van der Waals surface area contributed by atoms with Gasteiger partial charge in [-0.1, -0.05) is 31.2 Å². The number of carbonyl (C=O) groups is 1. The van der Waals surface area contributed by atoms with Gasteiger partial charge in [-0.15, -0.1) is 0 Å². The van der Waals surface area contributed by atoms with Gasteiger partial charge >= 0.3 is 0 Å². The number of thiol groups is 1. The zero-order valence-corrected chi connectivity index (χ0v) is 26.9. The highest BCUT2D eigenvalue weighted by Crippen LogP contribution is 2.37. The van der Waals surface area contributed by atoms with Crippen LogP contribution in [0.15, 0.2) is 84.3 Å². The van der Waals surface area contributed by atoms with Gasteiger partial charge in [0.2, 0.25) is 0 Å². The molecule has 0 saturated carbocycles. The average Bonchev–Trinajstić information content (AvgIpc) is 3.44. The van der Waals surface area contributed by atoms with E-state index in [1.54, 1.807) is 26.5 Å². The summed E-state index contributed by atoms with van der Waals surface area (Å²) in [6.07, 6.45) is 5.69. The fourth-order valence-corrected chi connectivity index (χ4v) is 6.07.